The highest BCUT2D eigenvalue weighted by molar-refractivity contribution is 5.97. The molecular formula is C22H20N6O5. The van der Waals surface area contributed by atoms with Gasteiger partial charge in [-0.2, -0.15) is 0 Å². The molecule has 3 aromatic rings. The highest BCUT2D eigenvalue weighted by atomic mass is 16.6. The van der Waals surface area contributed by atoms with Crippen LogP contribution in [0.2, 0.25) is 0 Å². The van der Waals surface area contributed by atoms with E-state index in [0.29, 0.717) is 26.2 Å². The van der Waals surface area contributed by atoms with Gasteiger partial charge in [-0.3, -0.25) is 25.0 Å². The molecule has 0 saturated carbocycles. The Morgan fingerprint density at radius 1 is 0.939 bits per heavy atom. The van der Waals surface area contributed by atoms with Crippen LogP contribution in [0.25, 0.3) is 11.3 Å². The minimum atomic E-state index is -0.736. The van der Waals surface area contributed by atoms with E-state index < -0.39 is 27.1 Å². The first-order valence-electron chi connectivity index (χ1n) is 10.2. The average molecular weight is 448 g/mol. The second kappa shape index (κ2) is 8.99. The summed E-state index contributed by atoms with van der Waals surface area (Å²) in [4.78, 5) is 46.4. The lowest BCUT2D eigenvalue weighted by Gasteiger charge is -2.35. The van der Waals surface area contributed by atoms with Crippen molar-refractivity contribution in [1.29, 1.82) is 0 Å². The third-order valence-electron chi connectivity index (χ3n) is 5.62. The zero-order chi connectivity index (χ0) is 23.5. The molecule has 1 aliphatic rings. The highest BCUT2D eigenvalue weighted by Gasteiger charge is 2.29. The summed E-state index contributed by atoms with van der Waals surface area (Å²) in [6, 6.07) is 13.6. The van der Waals surface area contributed by atoms with Gasteiger partial charge in [-0.05, 0) is 6.92 Å². The second-order valence-electron chi connectivity index (χ2n) is 7.56. The summed E-state index contributed by atoms with van der Waals surface area (Å²) in [6.07, 6.45) is 1.50. The van der Waals surface area contributed by atoms with E-state index in [1.165, 1.54) is 13.3 Å². The number of carbonyl (C=O) groups excluding carboxylic acids is 1. The van der Waals surface area contributed by atoms with Crippen molar-refractivity contribution in [3.05, 3.63) is 86.2 Å². The van der Waals surface area contributed by atoms with Gasteiger partial charge in [-0.25, -0.2) is 9.97 Å². The second-order valence-corrected chi connectivity index (χ2v) is 7.56. The first-order valence-corrected chi connectivity index (χ1v) is 10.2. The van der Waals surface area contributed by atoms with Crippen LogP contribution in [0.15, 0.2) is 54.9 Å². The van der Waals surface area contributed by atoms with E-state index in [0.717, 1.165) is 29.2 Å². The molecule has 0 atom stereocenters. The maximum absolute atomic E-state index is 13.1. The quantitative estimate of drug-likeness (QED) is 0.429. The Morgan fingerprint density at radius 3 is 2.27 bits per heavy atom. The molecule has 33 heavy (non-hydrogen) atoms. The fourth-order valence-electron chi connectivity index (χ4n) is 3.80. The molecule has 1 aliphatic heterocycles. The molecule has 0 spiro atoms. The molecule has 168 valence electrons. The number of hydrogen-bond donors (Lipinski definition) is 0. The minimum Gasteiger partial charge on any atom is -0.353 e. The number of hydrogen-bond acceptors (Lipinski definition) is 8. The van der Waals surface area contributed by atoms with E-state index in [1.54, 1.807) is 4.90 Å². The number of non-ortho nitro benzene ring substituents is 1. The van der Waals surface area contributed by atoms with E-state index in [4.69, 9.17) is 0 Å². The lowest BCUT2D eigenvalue weighted by atomic mass is 10.0. The third-order valence-corrected chi connectivity index (χ3v) is 5.62. The Labute approximate surface area is 188 Å². The lowest BCUT2D eigenvalue weighted by Crippen LogP contribution is -2.49. The third kappa shape index (κ3) is 4.47. The van der Waals surface area contributed by atoms with E-state index in [-0.39, 0.29) is 11.1 Å². The Morgan fingerprint density at radius 2 is 1.64 bits per heavy atom. The van der Waals surface area contributed by atoms with Gasteiger partial charge in [0.15, 0.2) is 0 Å². The SMILES string of the molecule is Cc1c(C(=O)N2CCN(c3cc(-c4ccccc4)ncn3)CC2)cc([N+](=O)[O-])cc1[N+](=O)[O-]. The number of amides is 1. The topological polar surface area (TPSA) is 136 Å². The molecule has 2 heterocycles. The zero-order valence-electron chi connectivity index (χ0n) is 17.7. The molecule has 1 saturated heterocycles. The van der Waals surface area contributed by atoms with E-state index >= 15 is 0 Å². The fourth-order valence-corrected chi connectivity index (χ4v) is 3.80. The van der Waals surface area contributed by atoms with E-state index in [2.05, 4.69) is 9.97 Å². The van der Waals surface area contributed by atoms with Crippen molar-refractivity contribution >= 4 is 23.1 Å². The van der Waals surface area contributed by atoms with Gasteiger partial charge in [0.2, 0.25) is 0 Å². The number of nitro benzene ring substituents is 2. The monoisotopic (exact) mass is 448 g/mol. The van der Waals surface area contributed by atoms with Gasteiger partial charge < -0.3 is 9.80 Å². The molecule has 0 N–H and O–H groups in total. The number of benzene rings is 2. The van der Waals surface area contributed by atoms with Crippen molar-refractivity contribution in [1.82, 2.24) is 14.9 Å². The first kappa shape index (κ1) is 21.8. The normalized spacial score (nSPS) is 13.6. The lowest BCUT2D eigenvalue weighted by molar-refractivity contribution is -0.394. The van der Waals surface area contributed by atoms with Gasteiger partial charge >= 0.3 is 0 Å². The molecule has 1 amide bonds. The number of piperazine rings is 1. The minimum absolute atomic E-state index is 0.0299. The number of rotatable bonds is 5. The van der Waals surface area contributed by atoms with Crippen molar-refractivity contribution in [3.8, 4) is 11.3 Å². The van der Waals surface area contributed by atoms with Crippen LogP contribution >= 0.6 is 0 Å². The predicted octanol–water partition coefficient (Wildman–Crippen LogP) is 3.23. The Balaban J connectivity index is 1.51. The van der Waals surface area contributed by atoms with Crippen molar-refractivity contribution in [2.75, 3.05) is 31.1 Å². The number of aromatic nitrogens is 2. The van der Waals surface area contributed by atoms with Crippen LogP contribution in [0.4, 0.5) is 17.2 Å². The van der Waals surface area contributed by atoms with E-state index in [1.807, 2.05) is 41.3 Å². The van der Waals surface area contributed by atoms with Crippen LogP contribution in [0.3, 0.4) is 0 Å². The summed E-state index contributed by atoms with van der Waals surface area (Å²) in [6.45, 7) is 3.11. The van der Waals surface area contributed by atoms with E-state index in [9.17, 15) is 25.0 Å². The van der Waals surface area contributed by atoms with Crippen molar-refractivity contribution < 1.29 is 14.6 Å². The summed E-state index contributed by atoms with van der Waals surface area (Å²) < 4.78 is 0. The number of nitrogens with zero attached hydrogens (tertiary/aromatic N) is 6. The van der Waals surface area contributed by atoms with Crippen LogP contribution in [0.1, 0.15) is 15.9 Å². The molecule has 11 heteroatoms. The molecule has 0 bridgehead atoms. The Hall–Kier alpha value is -4.41. The molecule has 2 aromatic carbocycles. The zero-order valence-corrected chi connectivity index (χ0v) is 17.7. The highest BCUT2D eigenvalue weighted by Crippen LogP contribution is 2.29. The summed E-state index contributed by atoms with van der Waals surface area (Å²) >= 11 is 0. The Kier molecular flexibility index (Phi) is 5.94. The number of carbonyl (C=O) groups is 1. The largest absolute Gasteiger partial charge is 0.353 e. The molecule has 0 unspecified atom stereocenters. The van der Waals surface area contributed by atoms with Gasteiger partial charge in [-0.1, -0.05) is 30.3 Å². The number of anilines is 1. The van der Waals surface area contributed by atoms with Crippen molar-refractivity contribution in [2.45, 2.75) is 6.92 Å². The molecule has 11 nitrogen and oxygen atoms in total. The summed E-state index contributed by atoms with van der Waals surface area (Å²) in [5.74, 6) is 0.268. The van der Waals surface area contributed by atoms with Crippen molar-refractivity contribution in [3.63, 3.8) is 0 Å². The fraction of sp³-hybridized carbons (Fsp3) is 0.227. The first-order chi connectivity index (χ1) is 15.8. The van der Waals surface area contributed by atoms with Crippen LogP contribution in [-0.2, 0) is 0 Å². The van der Waals surface area contributed by atoms with Crippen LogP contribution < -0.4 is 4.90 Å². The summed E-state index contributed by atoms with van der Waals surface area (Å²) in [5, 5.41) is 22.5. The maximum atomic E-state index is 13.1. The van der Waals surface area contributed by atoms with Gasteiger partial charge in [-0.15, -0.1) is 0 Å². The maximum Gasteiger partial charge on any atom is 0.279 e. The molecule has 1 fully saturated rings. The molecular weight excluding hydrogens is 428 g/mol. The van der Waals surface area contributed by atoms with Gasteiger partial charge in [0.05, 0.1) is 27.2 Å². The standard InChI is InChI=1S/C22H20N6O5/c1-15-18(11-17(27(30)31)12-20(15)28(32)33)22(29)26-9-7-25(8-10-26)21-13-19(23-14-24-21)16-5-3-2-4-6-16/h2-6,11-14H,7-10H2,1H3. The predicted molar refractivity (Wildman–Crippen MR) is 120 cm³/mol. The van der Waals surface area contributed by atoms with Crippen LogP contribution in [0, 0.1) is 27.2 Å². The van der Waals surface area contributed by atoms with Gasteiger partial charge in [0, 0.05) is 49.4 Å². The molecule has 0 radical (unpaired) electrons. The van der Waals surface area contributed by atoms with Gasteiger partial charge in [0.25, 0.3) is 17.3 Å². The van der Waals surface area contributed by atoms with Gasteiger partial charge in [0.1, 0.15) is 12.1 Å². The number of nitro groups is 2. The summed E-state index contributed by atoms with van der Waals surface area (Å²) in [7, 11) is 0. The summed E-state index contributed by atoms with van der Waals surface area (Å²) in [5.41, 5.74) is 0.916. The van der Waals surface area contributed by atoms with Crippen LogP contribution in [-0.4, -0.2) is 56.8 Å². The smallest absolute Gasteiger partial charge is 0.279 e. The van der Waals surface area contributed by atoms with Crippen molar-refractivity contribution in [2.24, 2.45) is 0 Å². The average Bonchev–Trinajstić information content (AvgIpc) is 2.84. The molecule has 1 aromatic heterocycles. The van der Waals surface area contributed by atoms with Crippen LogP contribution in [0.5, 0.6) is 0 Å². The molecule has 4 rings (SSSR count). The molecule has 0 aliphatic carbocycles. The Bertz CT molecular complexity index is 1230.